The Morgan fingerprint density at radius 3 is 2.80 bits per heavy atom. The maximum absolute atomic E-state index is 3.45. The lowest BCUT2D eigenvalue weighted by molar-refractivity contribution is 0.380. The molecule has 0 unspecified atom stereocenters. The van der Waals surface area contributed by atoms with Crippen molar-refractivity contribution in [2.75, 3.05) is 24.5 Å². The fraction of sp³-hybridized carbons (Fsp3) is 0.538. The second kappa shape index (κ2) is 3.86. The molecule has 1 aliphatic heterocycles. The van der Waals surface area contributed by atoms with Crippen LogP contribution in [0.2, 0.25) is 0 Å². The van der Waals surface area contributed by atoms with Crippen molar-refractivity contribution in [1.29, 1.82) is 0 Å². The predicted octanol–water partition coefficient (Wildman–Crippen LogP) is 2.18. The second-order valence-electron chi connectivity index (χ2n) is 4.98. The summed E-state index contributed by atoms with van der Waals surface area (Å²) in [4.78, 5) is 2.50. The Morgan fingerprint density at radius 2 is 2.13 bits per heavy atom. The van der Waals surface area contributed by atoms with Crippen molar-refractivity contribution in [3.63, 3.8) is 0 Å². The molecule has 1 N–H and O–H groups in total. The Labute approximate surface area is 92.3 Å². The molecule has 1 fully saturated rings. The first-order valence-electron chi connectivity index (χ1n) is 5.65. The minimum Gasteiger partial charge on any atom is -0.364 e. The smallest absolute Gasteiger partial charge is 0.0470 e. The zero-order valence-corrected chi connectivity index (χ0v) is 9.88. The van der Waals surface area contributed by atoms with Crippen LogP contribution in [0.3, 0.4) is 0 Å². The highest BCUT2D eigenvalue weighted by Crippen LogP contribution is 2.25. The number of rotatable bonds is 1. The Morgan fingerprint density at radius 1 is 1.33 bits per heavy atom. The minimum atomic E-state index is 0.214. The molecule has 1 heterocycles. The first kappa shape index (κ1) is 10.5. The molecule has 0 spiro atoms. The highest BCUT2D eigenvalue weighted by molar-refractivity contribution is 5.51. The van der Waals surface area contributed by atoms with E-state index in [1.807, 2.05) is 0 Å². The van der Waals surface area contributed by atoms with Crippen molar-refractivity contribution in [1.82, 2.24) is 5.32 Å². The largest absolute Gasteiger partial charge is 0.364 e. The topological polar surface area (TPSA) is 15.3 Å². The summed E-state index contributed by atoms with van der Waals surface area (Å²) in [5.41, 5.74) is 2.90. The number of nitrogens with zero attached hydrogens (tertiary/aromatic N) is 1. The Kier molecular flexibility index (Phi) is 2.70. The number of benzene rings is 1. The standard InChI is InChI=1S/C13H20N2/c1-11-5-4-6-12(9-11)15-8-7-14-10-13(15,2)3/h4-6,9,14H,7-8,10H2,1-3H3. The molecular formula is C13H20N2. The number of aryl methyl sites for hydroxylation is 1. The van der Waals surface area contributed by atoms with E-state index in [9.17, 15) is 0 Å². The summed E-state index contributed by atoms with van der Waals surface area (Å²) >= 11 is 0. The molecule has 82 valence electrons. The monoisotopic (exact) mass is 204 g/mol. The fourth-order valence-corrected chi connectivity index (χ4v) is 2.26. The molecule has 0 saturated carbocycles. The summed E-state index contributed by atoms with van der Waals surface area (Å²) in [7, 11) is 0. The van der Waals surface area contributed by atoms with Gasteiger partial charge in [0.25, 0.3) is 0 Å². The molecule has 0 atom stereocenters. The van der Waals surface area contributed by atoms with Crippen LogP contribution in [-0.2, 0) is 0 Å². The van der Waals surface area contributed by atoms with Crippen LogP contribution in [0.4, 0.5) is 5.69 Å². The third-order valence-corrected chi connectivity index (χ3v) is 3.11. The zero-order chi connectivity index (χ0) is 10.9. The van der Waals surface area contributed by atoms with Crippen LogP contribution in [0, 0.1) is 6.92 Å². The molecule has 0 amide bonds. The van der Waals surface area contributed by atoms with Crippen molar-refractivity contribution in [2.24, 2.45) is 0 Å². The van der Waals surface area contributed by atoms with Gasteiger partial charge in [-0.25, -0.2) is 0 Å². The Bertz CT molecular complexity index is 344. The molecular weight excluding hydrogens is 184 g/mol. The first-order chi connectivity index (χ1) is 7.09. The highest BCUT2D eigenvalue weighted by Gasteiger charge is 2.29. The molecule has 2 heteroatoms. The number of hydrogen-bond donors (Lipinski definition) is 1. The minimum absolute atomic E-state index is 0.214. The van der Waals surface area contributed by atoms with Gasteiger partial charge < -0.3 is 10.2 Å². The molecule has 0 radical (unpaired) electrons. The summed E-state index contributed by atoms with van der Waals surface area (Å²) in [5.74, 6) is 0. The van der Waals surface area contributed by atoms with E-state index in [0.717, 1.165) is 19.6 Å². The van der Waals surface area contributed by atoms with Gasteiger partial charge in [0.15, 0.2) is 0 Å². The van der Waals surface area contributed by atoms with Crippen LogP contribution >= 0.6 is 0 Å². The number of piperazine rings is 1. The third-order valence-electron chi connectivity index (χ3n) is 3.11. The van der Waals surface area contributed by atoms with Crippen LogP contribution in [0.15, 0.2) is 24.3 Å². The van der Waals surface area contributed by atoms with Crippen LogP contribution in [0.25, 0.3) is 0 Å². The van der Waals surface area contributed by atoms with E-state index in [-0.39, 0.29) is 5.54 Å². The van der Waals surface area contributed by atoms with Gasteiger partial charge in [-0.05, 0) is 38.5 Å². The van der Waals surface area contributed by atoms with Crippen molar-refractivity contribution in [3.05, 3.63) is 29.8 Å². The molecule has 1 aromatic rings. The number of nitrogens with one attached hydrogen (secondary N) is 1. The average molecular weight is 204 g/mol. The van der Waals surface area contributed by atoms with Gasteiger partial charge in [-0.15, -0.1) is 0 Å². The Hall–Kier alpha value is -1.02. The van der Waals surface area contributed by atoms with E-state index in [4.69, 9.17) is 0 Å². The maximum Gasteiger partial charge on any atom is 0.0470 e. The van der Waals surface area contributed by atoms with Crippen molar-refractivity contribution in [3.8, 4) is 0 Å². The predicted molar refractivity (Wildman–Crippen MR) is 65.5 cm³/mol. The lowest BCUT2D eigenvalue weighted by atomic mass is 9.99. The average Bonchev–Trinajstić information content (AvgIpc) is 2.17. The summed E-state index contributed by atoms with van der Waals surface area (Å²) < 4.78 is 0. The quantitative estimate of drug-likeness (QED) is 0.754. The van der Waals surface area contributed by atoms with E-state index < -0.39 is 0 Å². The van der Waals surface area contributed by atoms with Gasteiger partial charge in [0.2, 0.25) is 0 Å². The molecule has 15 heavy (non-hydrogen) atoms. The Balaban J connectivity index is 2.29. The van der Waals surface area contributed by atoms with Crippen molar-refractivity contribution < 1.29 is 0 Å². The normalized spacial score (nSPS) is 20.3. The molecule has 1 saturated heterocycles. The van der Waals surface area contributed by atoms with Crippen LogP contribution in [-0.4, -0.2) is 25.2 Å². The first-order valence-corrected chi connectivity index (χ1v) is 5.65. The summed E-state index contributed by atoms with van der Waals surface area (Å²) in [6, 6.07) is 8.77. The van der Waals surface area contributed by atoms with Crippen molar-refractivity contribution >= 4 is 5.69 Å². The summed E-state index contributed by atoms with van der Waals surface area (Å²) in [5, 5.41) is 3.45. The summed E-state index contributed by atoms with van der Waals surface area (Å²) in [6.45, 7) is 9.97. The van der Waals surface area contributed by atoms with Gasteiger partial charge in [0.05, 0.1) is 0 Å². The van der Waals surface area contributed by atoms with E-state index in [1.54, 1.807) is 0 Å². The number of hydrogen-bond acceptors (Lipinski definition) is 2. The van der Waals surface area contributed by atoms with Crippen LogP contribution in [0.5, 0.6) is 0 Å². The molecule has 0 bridgehead atoms. The molecule has 2 nitrogen and oxygen atoms in total. The zero-order valence-electron chi connectivity index (χ0n) is 9.88. The van der Waals surface area contributed by atoms with Gasteiger partial charge in [-0.3, -0.25) is 0 Å². The van der Waals surface area contributed by atoms with Gasteiger partial charge >= 0.3 is 0 Å². The molecule has 0 aliphatic carbocycles. The SMILES string of the molecule is Cc1cccc(N2CCNCC2(C)C)c1. The lowest BCUT2D eigenvalue weighted by Crippen LogP contribution is -2.58. The second-order valence-corrected chi connectivity index (χ2v) is 4.98. The van der Waals surface area contributed by atoms with E-state index >= 15 is 0 Å². The fourth-order valence-electron chi connectivity index (χ4n) is 2.26. The molecule has 2 rings (SSSR count). The van der Waals surface area contributed by atoms with Gasteiger partial charge in [0.1, 0.15) is 0 Å². The molecule has 0 aromatic heterocycles. The van der Waals surface area contributed by atoms with Crippen LogP contribution < -0.4 is 10.2 Å². The van der Waals surface area contributed by atoms with Crippen molar-refractivity contribution in [2.45, 2.75) is 26.3 Å². The number of anilines is 1. The van der Waals surface area contributed by atoms with E-state index in [1.165, 1.54) is 11.3 Å². The van der Waals surface area contributed by atoms with Gasteiger partial charge in [-0.1, -0.05) is 12.1 Å². The van der Waals surface area contributed by atoms with E-state index in [0.29, 0.717) is 0 Å². The van der Waals surface area contributed by atoms with Gasteiger partial charge in [-0.2, -0.15) is 0 Å². The highest BCUT2D eigenvalue weighted by atomic mass is 15.3. The molecule has 1 aliphatic rings. The maximum atomic E-state index is 3.45. The molecule has 1 aromatic carbocycles. The third kappa shape index (κ3) is 2.15. The van der Waals surface area contributed by atoms with E-state index in [2.05, 4.69) is 55.3 Å². The van der Waals surface area contributed by atoms with Gasteiger partial charge in [0, 0.05) is 30.9 Å². The summed E-state index contributed by atoms with van der Waals surface area (Å²) in [6.07, 6.45) is 0. The van der Waals surface area contributed by atoms with Crippen LogP contribution in [0.1, 0.15) is 19.4 Å². The lowest BCUT2D eigenvalue weighted by Gasteiger charge is -2.44.